The summed E-state index contributed by atoms with van der Waals surface area (Å²) in [4.78, 5) is 51.9. The molecule has 0 fully saturated rings. The summed E-state index contributed by atoms with van der Waals surface area (Å²) < 4.78 is 5.14. The van der Waals surface area contributed by atoms with E-state index >= 15 is 0 Å². The Morgan fingerprint density at radius 1 is 0.540 bits per heavy atom. The zero-order valence-electron chi connectivity index (χ0n) is 36.0. The lowest BCUT2D eigenvalue weighted by molar-refractivity contribution is 0.0938. The predicted octanol–water partition coefficient (Wildman–Crippen LogP) is 7.12. The highest BCUT2D eigenvalue weighted by Crippen LogP contribution is 2.19. The number of amides is 2. The first-order valence-electron chi connectivity index (χ1n) is 20.3. The van der Waals surface area contributed by atoms with Crippen molar-refractivity contribution in [3.8, 4) is 28.5 Å². The first-order valence-corrected chi connectivity index (χ1v) is 20.3. The van der Waals surface area contributed by atoms with Crippen LogP contribution in [0.5, 0.6) is 5.75 Å². The molecule has 0 aliphatic rings. The molecule has 0 unspecified atom stereocenters. The van der Waals surface area contributed by atoms with Crippen molar-refractivity contribution in [1.82, 2.24) is 60.9 Å². The highest BCUT2D eigenvalue weighted by Gasteiger charge is 2.13. The Hall–Kier alpha value is -7.94. The number of hydrogen-bond acceptors (Lipinski definition) is 11. The van der Waals surface area contributed by atoms with Crippen molar-refractivity contribution >= 4 is 11.8 Å². The van der Waals surface area contributed by atoms with Crippen LogP contribution in [-0.2, 0) is 25.9 Å². The molecule has 318 valence electrons. The molecule has 0 radical (unpaired) electrons. The third-order valence-corrected chi connectivity index (χ3v) is 9.75. The number of aromatic nitrogens is 10. The molecule has 0 spiro atoms. The molecule has 6 aromatic heterocycles. The number of methoxy groups -OCH3 is 1. The number of aromatic amines is 2. The van der Waals surface area contributed by atoms with Crippen LogP contribution < -0.4 is 15.4 Å². The van der Waals surface area contributed by atoms with Crippen LogP contribution in [0.4, 0.5) is 0 Å². The average molecular weight is 841 g/mol. The number of ether oxygens (including phenoxy) is 1. The van der Waals surface area contributed by atoms with Gasteiger partial charge in [0.25, 0.3) is 11.8 Å². The van der Waals surface area contributed by atoms with Gasteiger partial charge in [-0.25, -0.2) is 19.9 Å². The van der Waals surface area contributed by atoms with Crippen LogP contribution in [0.25, 0.3) is 22.8 Å². The first-order chi connectivity index (χ1) is 30.5. The average Bonchev–Trinajstić information content (AvgIpc) is 3.90. The molecule has 0 atom stereocenters. The molecule has 2 aromatic carbocycles. The second-order valence-corrected chi connectivity index (χ2v) is 15.1. The molecule has 0 saturated carbocycles. The molecular weight excluding hydrogens is 793 g/mol. The summed E-state index contributed by atoms with van der Waals surface area (Å²) in [6.45, 7) is 10.7. The standard InChI is InChI=1S/C24H24N6O2.C24H24N6O/c1-15-10-19(12-20-11-16(2)29-30-20)28-23(27-15)18-6-9-22(25-14-18)24(31)26-13-17-4-7-21(32-3)8-5-17;1-15-4-6-18(7-5-15)13-26-24(31)22-9-8-19(14-25-22)23-27-16(2)10-20(28-23)12-21-11-17(3)29-30-21/h4-11,14H,12-13H2,1-3H3,(H,26,31)(H,29,30);4-11,14H,12-13H2,1-3H3,(H,26,31)(H,29,30). The smallest absolute Gasteiger partial charge is 0.270 e. The number of nitrogens with one attached hydrogen (secondary N) is 4. The molecule has 0 bridgehead atoms. The lowest BCUT2D eigenvalue weighted by Gasteiger charge is -2.08. The molecule has 63 heavy (non-hydrogen) atoms. The number of hydrogen-bond donors (Lipinski definition) is 4. The van der Waals surface area contributed by atoms with Gasteiger partial charge < -0.3 is 15.4 Å². The third kappa shape index (κ3) is 12.1. The molecule has 2 amide bonds. The van der Waals surface area contributed by atoms with Crippen molar-refractivity contribution in [3.05, 3.63) is 183 Å². The minimum absolute atomic E-state index is 0.216. The molecule has 15 nitrogen and oxygen atoms in total. The summed E-state index contributed by atoms with van der Waals surface area (Å²) in [5.41, 5.74) is 12.8. The number of H-pyrrole nitrogens is 2. The number of nitrogens with zero attached hydrogens (tertiary/aromatic N) is 8. The van der Waals surface area contributed by atoms with Crippen LogP contribution in [0.15, 0.2) is 109 Å². The number of rotatable bonds is 13. The number of carbonyl (C=O) groups is 2. The highest BCUT2D eigenvalue weighted by atomic mass is 16.5. The second kappa shape index (κ2) is 20.1. The van der Waals surface area contributed by atoms with Crippen molar-refractivity contribution in [2.45, 2.75) is 60.5 Å². The van der Waals surface area contributed by atoms with Gasteiger partial charge in [-0.3, -0.25) is 29.8 Å². The summed E-state index contributed by atoms with van der Waals surface area (Å²) in [5, 5.41) is 20.2. The quantitative estimate of drug-likeness (QED) is 0.0921. The van der Waals surface area contributed by atoms with E-state index in [-0.39, 0.29) is 11.8 Å². The van der Waals surface area contributed by atoms with Gasteiger partial charge in [0.05, 0.1) is 29.9 Å². The second-order valence-electron chi connectivity index (χ2n) is 15.1. The SMILES string of the molecule is COc1ccc(CNC(=O)c2ccc(-c3nc(C)cc(Cc4cc(C)[nH]n4)n3)cn2)cc1.Cc1ccc(CNC(=O)c2ccc(-c3nc(C)cc(Cc4cc(C)[nH]n4)n3)cn2)cc1. The maximum Gasteiger partial charge on any atom is 0.270 e. The van der Waals surface area contributed by atoms with E-state index in [1.54, 1.807) is 31.6 Å². The van der Waals surface area contributed by atoms with Crippen LogP contribution >= 0.6 is 0 Å². The van der Waals surface area contributed by atoms with Crippen LogP contribution in [0.1, 0.15) is 83.2 Å². The Balaban J connectivity index is 0.000000189. The molecule has 15 heteroatoms. The highest BCUT2D eigenvalue weighted by molar-refractivity contribution is 5.93. The number of carbonyl (C=O) groups excluding carboxylic acids is 2. The largest absolute Gasteiger partial charge is 0.497 e. The minimum atomic E-state index is -0.243. The zero-order chi connectivity index (χ0) is 44.3. The van der Waals surface area contributed by atoms with Crippen molar-refractivity contribution < 1.29 is 14.3 Å². The predicted molar refractivity (Wildman–Crippen MR) is 239 cm³/mol. The summed E-state index contributed by atoms with van der Waals surface area (Å²) in [6.07, 6.45) is 4.49. The topological polar surface area (TPSA) is 202 Å². The zero-order valence-corrected chi connectivity index (χ0v) is 36.0. The third-order valence-electron chi connectivity index (χ3n) is 9.75. The van der Waals surface area contributed by atoms with Crippen LogP contribution in [0.2, 0.25) is 0 Å². The van der Waals surface area contributed by atoms with E-state index in [1.165, 1.54) is 5.56 Å². The fourth-order valence-electron chi connectivity index (χ4n) is 6.52. The Morgan fingerprint density at radius 3 is 1.37 bits per heavy atom. The lowest BCUT2D eigenvalue weighted by Crippen LogP contribution is -2.23. The van der Waals surface area contributed by atoms with E-state index in [9.17, 15) is 9.59 Å². The van der Waals surface area contributed by atoms with E-state index in [1.807, 2.05) is 120 Å². The maximum atomic E-state index is 12.5. The van der Waals surface area contributed by atoms with Crippen molar-refractivity contribution in [2.24, 2.45) is 0 Å². The van der Waals surface area contributed by atoms with Crippen molar-refractivity contribution in [3.63, 3.8) is 0 Å². The number of aryl methyl sites for hydroxylation is 5. The van der Waals surface area contributed by atoms with Gasteiger partial charge in [-0.05, 0) is 106 Å². The van der Waals surface area contributed by atoms with Gasteiger partial charge in [0.15, 0.2) is 11.6 Å². The molecule has 0 saturated heterocycles. The minimum Gasteiger partial charge on any atom is -0.497 e. The monoisotopic (exact) mass is 840 g/mol. The van der Waals surface area contributed by atoms with Gasteiger partial charge in [-0.2, -0.15) is 10.2 Å². The van der Waals surface area contributed by atoms with Gasteiger partial charge in [0.2, 0.25) is 0 Å². The fourth-order valence-corrected chi connectivity index (χ4v) is 6.52. The first kappa shape index (κ1) is 43.2. The normalized spacial score (nSPS) is 10.8. The van der Waals surface area contributed by atoms with Gasteiger partial charge >= 0.3 is 0 Å². The van der Waals surface area contributed by atoms with E-state index in [0.717, 1.165) is 73.6 Å². The van der Waals surface area contributed by atoms with Crippen LogP contribution in [0, 0.1) is 34.6 Å². The van der Waals surface area contributed by atoms with E-state index in [2.05, 4.69) is 60.9 Å². The Morgan fingerprint density at radius 2 is 0.984 bits per heavy atom. The molecular formula is C48H48N12O3. The Kier molecular flexibility index (Phi) is 13.8. The summed E-state index contributed by atoms with van der Waals surface area (Å²) in [6, 6.07) is 30.5. The Bertz CT molecular complexity index is 2800. The molecule has 0 aliphatic carbocycles. The van der Waals surface area contributed by atoms with Gasteiger partial charge in [-0.15, -0.1) is 0 Å². The molecule has 8 aromatic rings. The lowest BCUT2D eigenvalue weighted by atomic mass is 10.1. The van der Waals surface area contributed by atoms with E-state index in [4.69, 9.17) is 4.74 Å². The van der Waals surface area contributed by atoms with Gasteiger partial charge in [0.1, 0.15) is 17.1 Å². The van der Waals surface area contributed by atoms with Crippen LogP contribution in [0.3, 0.4) is 0 Å². The fraction of sp³-hybridized carbons (Fsp3) is 0.208. The molecule has 8 rings (SSSR count). The van der Waals surface area contributed by atoms with E-state index < -0.39 is 0 Å². The molecule has 0 aliphatic heterocycles. The van der Waals surface area contributed by atoms with Gasteiger partial charge in [-0.1, -0.05) is 42.0 Å². The van der Waals surface area contributed by atoms with Crippen LogP contribution in [-0.4, -0.2) is 69.2 Å². The number of benzene rings is 2. The molecule has 4 N–H and O–H groups in total. The summed E-state index contributed by atoms with van der Waals surface area (Å²) in [7, 11) is 1.62. The van der Waals surface area contributed by atoms with Gasteiger partial charge in [0, 0.05) is 72.2 Å². The number of pyridine rings is 2. The summed E-state index contributed by atoms with van der Waals surface area (Å²) >= 11 is 0. The van der Waals surface area contributed by atoms with Crippen molar-refractivity contribution in [1.29, 1.82) is 0 Å². The maximum absolute atomic E-state index is 12.5. The van der Waals surface area contributed by atoms with Crippen molar-refractivity contribution in [2.75, 3.05) is 7.11 Å². The summed E-state index contributed by atoms with van der Waals surface area (Å²) in [5.74, 6) is 1.48. The Labute approximate surface area is 365 Å². The molecule has 6 heterocycles. The van der Waals surface area contributed by atoms with E-state index in [0.29, 0.717) is 49.0 Å².